The molecule has 2 aromatic carbocycles. The van der Waals surface area contributed by atoms with Crippen molar-refractivity contribution in [3.05, 3.63) is 71.8 Å². The zero-order valence-corrected chi connectivity index (χ0v) is 13.4. The van der Waals surface area contributed by atoms with Gasteiger partial charge in [-0.1, -0.05) is 48.5 Å². The molecule has 0 amide bonds. The van der Waals surface area contributed by atoms with E-state index in [9.17, 15) is 0 Å². The summed E-state index contributed by atoms with van der Waals surface area (Å²) in [5.41, 5.74) is 2.60. The lowest BCUT2D eigenvalue weighted by Gasteiger charge is -2.09. The van der Waals surface area contributed by atoms with Crippen molar-refractivity contribution in [2.75, 3.05) is 18.1 Å². The normalized spacial score (nSPS) is 15.6. The molecule has 3 heteroatoms. The lowest BCUT2D eigenvalue weighted by molar-refractivity contribution is 0.363. The number of hydrogen-bond donors (Lipinski definition) is 0. The fraction of sp³-hybridized carbons (Fsp3) is 0.222. The molecule has 0 unspecified atom stereocenters. The second-order valence-electron chi connectivity index (χ2n) is 4.77. The summed E-state index contributed by atoms with van der Waals surface area (Å²) in [5, 5.41) is 0. The van der Waals surface area contributed by atoms with Crippen LogP contribution in [0.1, 0.15) is 15.7 Å². The van der Waals surface area contributed by atoms with Gasteiger partial charge in [0, 0.05) is 11.5 Å². The monoisotopic (exact) mass is 314 g/mol. The van der Waals surface area contributed by atoms with E-state index in [1.807, 2.05) is 47.8 Å². The second kappa shape index (κ2) is 7.62. The van der Waals surface area contributed by atoms with E-state index in [-0.39, 0.29) is 0 Å². The van der Waals surface area contributed by atoms with Gasteiger partial charge in [-0.15, -0.1) is 23.5 Å². The molecule has 1 saturated heterocycles. The Morgan fingerprint density at radius 1 is 0.952 bits per heavy atom. The lowest BCUT2D eigenvalue weighted by atomic mass is 10.2. The first kappa shape index (κ1) is 14.6. The molecule has 0 atom stereocenters. The Balaban J connectivity index is 1.50. The van der Waals surface area contributed by atoms with E-state index in [2.05, 4.69) is 42.5 Å². The summed E-state index contributed by atoms with van der Waals surface area (Å²) in [6, 6.07) is 18.8. The fourth-order valence-electron chi connectivity index (χ4n) is 2.16. The molecule has 0 spiro atoms. The minimum Gasteiger partial charge on any atom is -0.490 e. The molecule has 1 aliphatic heterocycles. The zero-order valence-electron chi connectivity index (χ0n) is 11.8. The highest BCUT2D eigenvalue weighted by Crippen LogP contribution is 2.45. The van der Waals surface area contributed by atoms with Crippen LogP contribution in [0, 0.1) is 0 Å². The van der Waals surface area contributed by atoms with E-state index >= 15 is 0 Å². The van der Waals surface area contributed by atoms with Crippen LogP contribution >= 0.6 is 23.5 Å². The molecule has 2 aromatic rings. The van der Waals surface area contributed by atoms with Gasteiger partial charge < -0.3 is 4.74 Å². The maximum absolute atomic E-state index is 5.74. The third-order valence-corrected chi connectivity index (χ3v) is 6.33. The standard InChI is InChI=1S/C18H18OS2/c1-2-5-15(6-3-1)7-4-12-19-17-10-8-16(9-11-17)18-20-13-14-21-18/h1-11,18H,12-14H2. The highest BCUT2D eigenvalue weighted by Gasteiger charge is 2.17. The van der Waals surface area contributed by atoms with Crippen LogP contribution in [-0.2, 0) is 0 Å². The predicted molar refractivity (Wildman–Crippen MR) is 95.1 cm³/mol. The molecule has 21 heavy (non-hydrogen) atoms. The summed E-state index contributed by atoms with van der Waals surface area (Å²) in [6.07, 6.45) is 4.13. The van der Waals surface area contributed by atoms with Crippen LogP contribution in [0.5, 0.6) is 5.75 Å². The SMILES string of the molecule is C(=Cc1ccccc1)COc1ccc(C2SCCS2)cc1. The first-order valence-corrected chi connectivity index (χ1v) is 9.19. The van der Waals surface area contributed by atoms with Crippen molar-refractivity contribution in [3.8, 4) is 5.75 Å². The largest absolute Gasteiger partial charge is 0.490 e. The van der Waals surface area contributed by atoms with Crippen molar-refractivity contribution in [1.29, 1.82) is 0 Å². The van der Waals surface area contributed by atoms with Gasteiger partial charge in [-0.3, -0.25) is 0 Å². The summed E-state index contributed by atoms with van der Waals surface area (Å²) in [6.45, 7) is 0.598. The highest BCUT2D eigenvalue weighted by molar-refractivity contribution is 8.19. The van der Waals surface area contributed by atoms with Crippen molar-refractivity contribution in [3.63, 3.8) is 0 Å². The van der Waals surface area contributed by atoms with E-state index in [1.54, 1.807) is 0 Å². The van der Waals surface area contributed by atoms with E-state index in [4.69, 9.17) is 4.74 Å². The van der Waals surface area contributed by atoms with E-state index < -0.39 is 0 Å². The molecule has 1 nitrogen and oxygen atoms in total. The Morgan fingerprint density at radius 3 is 2.38 bits per heavy atom. The minimum absolute atomic E-state index is 0.598. The summed E-state index contributed by atoms with van der Waals surface area (Å²) in [4.78, 5) is 0. The van der Waals surface area contributed by atoms with Gasteiger partial charge in [0.2, 0.25) is 0 Å². The van der Waals surface area contributed by atoms with E-state index in [0.29, 0.717) is 11.2 Å². The van der Waals surface area contributed by atoms with Crippen molar-refractivity contribution in [2.45, 2.75) is 4.58 Å². The molecule has 3 rings (SSSR count). The van der Waals surface area contributed by atoms with Crippen LogP contribution in [0.15, 0.2) is 60.7 Å². The average molecular weight is 314 g/mol. The maximum atomic E-state index is 5.74. The van der Waals surface area contributed by atoms with Crippen molar-refractivity contribution < 1.29 is 4.74 Å². The molecule has 0 radical (unpaired) electrons. The van der Waals surface area contributed by atoms with Gasteiger partial charge in [0.15, 0.2) is 0 Å². The Labute approximate surface area is 134 Å². The molecule has 108 valence electrons. The van der Waals surface area contributed by atoms with Crippen LogP contribution in [0.4, 0.5) is 0 Å². The summed E-state index contributed by atoms with van der Waals surface area (Å²) in [5.74, 6) is 3.46. The topological polar surface area (TPSA) is 9.23 Å². The van der Waals surface area contributed by atoms with Gasteiger partial charge in [-0.25, -0.2) is 0 Å². The maximum Gasteiger partial charge on any atom is 0.119 e. The van der Waals surface area contributed by atoms with Gasteiger partial charge in [0.05, 0.1) is 4.58 Å². The summed E-state index contributed by atoms with van der Waals surface area (Å²) >= 11 is 4.06. The molecule has 0 aliphatic carbocycles. The zero-order chi connectivity index (χ0) is 14.3. The average Bonchev–Trinajstić information content (AvgIpc) is 3.08. The molecule has 1 aliphatic rings. The van der Waals surface area contributed by atoms with Crippen molar-refractivity contribution in [1.82, 2.24) is 0 Å². The Morgan fingerprint density at radius 2 is 1.67 bits per heavy atom. The van der Waals surface area contributed by atoms with Crippen molar-refractivity contribution >= 4 is 29.6 Å². The third kappa shape index (κ3) is 4.32. The Hall–Kier alpha value is -1.32. The van der Waals surface area contributed by atoms with E-state index in [1.165, 1.54) is 22.6 Å². The van der Waals surface area contributed by atoms with Gasteiger partial charge in [-0.05, 0) is 29.3 Å². The molecular formula is C18H18OS2. The lowest BCUT2D eigenvalue weighted by Crippen LogP contribution is -1.93. The molecule has 0 bridgehead atoms. The van der Waals surface area contributed by atoms with Crippen LogP contribution in [0.2, 0.25) is 0 Å². The number of rotatable bonds is 5. The van der Waals surface area contributed by atoms with Crippen LogP contribution in [-0.4, -0.2) is 18.1 Å². The van der Waals surface area contributed by atoms with Crippen LogP contribution in [0.25, 0.3) is 6.08 Å². The van der Waals surface area contributed by atoms with Crippen LogP contribution < -0.4 is 4.74 Å². The minimum atomic E-state index is 0.598. The molecule has 0 aromatic heterocycles. The first-order valence-electron chi connectivity index (χ1n) is 7.09. The molecular weight excluding hydrogens is 296 g/mol. The second-order valence-corrected chi connectivity index (χ2v) is 7.49. The Bertz CT molecular complexity index is 572. The predicted octanol–water partition coefficient (Wildman–Crippen LogP) is 5.26. The smallest absolute Gasteiger partial charge is 0.119 e. The van der Waals surface area contributed by atoms with E-state index in [0.717, 1.165) is 5.75 Å². The first-order chi connectivity index (χ1) is 10.4. The summed E-state index contributed by atoms with van der Waals surface area (Å²) in [7, 11) is 0. The molecule has 0 N–H and O–H groups in total. The number of hydrogen-bond acceptors (Lipinski definition) is 3. The number of thioether (sulfide) groups is 2. The Kier molecular flexibility index (Phi) is 5.30. The molecule has 1 fully saturated rings. The number of benzene rings is 2. The fourth-order valence-corrected chi connectivity index (χ4v) is 5.02. The quantitative estimate of drug-likeness (QED) is 0.745. The third-order valence-electron chi connectivity index (χ3n) is 3.23. The van der Waals surface area contributed by atoms with Gasteiger partial charge in [0.1, 0.15) is 12.4 Å². The van der Waals surface area contributed by atoms with Gasteiger partial charge >= 0.3 is 0 Å². The molecule has 0 saturated carbocycles. The van der Waals surface area contributed by atoms with Crippen molar-refractivity contribution in [2.24, 2.45) is 0 Å². The number of ether oxygens (including phenoxy) is 1. The van der Waals surface area contributed by atoms with Gasteiger partial charge in [-0.2, -0.15) is 0 Å². The highest BCUT2D eigenvalue weighted by atomic mass is 32.2. The van der Waals surface area contributed by atoms with Gasteiger partial charge in [0.25, 0.3) is 0 Å². The van der Waals surface area contributed by atoms with Crippen LogP contribution in [0.3, 0.4) is 0 Å². The summed E-state index contributed by atoms with van der Waals surface area (Å²) < 4.78 is 6.35. The molecule has 1 heterocycles.